The molecular weight excluding hydrogens is 408 g/mol. The summed E-state index contributed by atoms with van der Waals surface area (Å²) < 4.78 is 5.54. The maximum absolute atomic E-state index is 12.5. The minimum absolute atomic E-state index is 0.0366. The highest BCUT2D eigenvalue weighted by atomic mass is 16.5. The maximum Gasteiger partial charge on any atom is 0.407 e. The zero-order chi connectivity index (χ0) is 23.3. The first-order valence-corrected chi connectivity index (χ1v) is 11.0. The molecule has 0 aliphatic heterocycles. The van der Waals surface area contributed by atoms with Crippen LogP contribution < -0.4 is 10.6 Å². The fourth-order valence-corrected chi connectivity index (χ4v) is 4.02. The number of carboxylic acids is 1. The number of alkyl carbamates (subject to hydrolysis) is 1. The van der Waals surface area contributed by atoms with E-state index in [0.717, 1.165) is 22.3 Å². The molecule has 32 heavy (non-hydrogen) atoms. The Hall–Kier alpha value is -3.35. The number of fused-ring (bicyclic) bond motifs is 3. The van der Waals surface area contributed by atoms with Crippen LogP contribution in [0.1, 0.15) is 50.7 Å². The Labute approximate surface area is 188 Å². The van der Waals surface area contributed by atoms with E-state index in [9.17, 15) is 14.4 Å². The average Bonchev–Trinajstić information content (AvgIpc) is 3.10. The molecule has 0 radical (unpaired) electrons. The zero-order valence-corrected chi connectivity index (χ0v) is 18.6. The van der Waals surface area contributed by atoms with Crippen LogP contribution in [-0.4, -0.2) is 41.8 Å². The molecule has 0 heterocycles. The average molecular weight is 439 g/mol. The van der Waals surface area contributed by atoms with Crippen LogP contribution in [0.5, 0.6) is 0 Å². The number of benzene rings is 2. The molecule has 170 valence electrons. The molecule has 7 heteroatoms. The maximum atomic E-state index is 12.5. The monoisotopic (exact) mass is 438 g/mol. The molecule has 2 unspecified atom stereocenters. The fourth-order valence-electron chi connectivity index (χ4n) is 4.02. The van der Waals surface area contributed by atoms with Gasteiger partial charge in [-0.15, -0.1) is 0 Å². The first kappa shape index (κ1) is 23.3. The van der Waals surface area contributed by atoms with E-state index in [0.29, 0.717) is 6.42 Å². The summed E-state index contributed by atoms with van der Waals surface area (Å²) in [5.74, 6) is -1.84. The number of hydrogen-bond donors (Lipinski definition) is 3. The number of carbonyl (C=O) groups is 3. The molecule has 0 saturated carbocycles. The van der Waals surface area contributed by atoms with Crippen molar-refractivity contribution in [3.63, 3.8) is 0 Å². The number of amides is 2. The normalized spacial score (nSPS) is 15.1. The summed E-state index contributed by atoms with van der Waals surface area (Å²) in [4.78, 5) is 35.8. The first-order valence-electron chi connectivity index (χ1n) is 11.0. The van der Waals surface area contributed by atoms with Crippen LogP contribution in [-0.2, 0) is 14.3 Å². The highest BCUT2D eigenvalue weighted by Gasteiger charge is 2.30. The van der Waals surface area contributed by atoms with E-state index < -0.39 is 30.1 Å². The molecule has 3 rings (SSSR count). The van der Waals surface area contributed by atoms with Crippen molar-refractivity contribution in [1.29, 1.82) is 0 Å². The van der Waals surface area contributed by atoms with Crippen molar-refractivity contribution in [1.82, 2.24) is 10.6 Å². The summed E-state index contributed by atoms with van der Waals surface area (Å²) in [6.07, 6.45) is -0.209. The second-order valence-corrected chi connectivity index (χ2v) is 8.26. The van der Waals surface area contributed by atoms with Crippen molar-refractivity contribution < 1.29 is 24.2 Å². The molecule has 3 atom stereocenters. The van der Waals surface area contributed by atoms with Gasteiger partial charge in [0.2, 0.25) is 5.91 Å². The van der Waals surface area contributed by atoms with Crippen LogP contribution in [0.3, 0.4) is 0 Å². The standard InChI is InChI=1S/C25H30N2O5/c1-4-17(13-23(28)29)27-24(30)15(2)16(3)26-25(31)32-14-22-20-11-7-5-9-18(20)19-10-6-8-12-21(19)22/h5-12,15-17,22H,4,13-14H2,1-3H3,(H,26,31)(H,27,30)(H,28,29)/t15?,16?,17-/m0/s1. The van der Waals surface area contributed by atoms with Gasteiger partial charge in [-0.25, -0.2) is 4.79 Å². The van der Waals surface area contributed by atoms with Crippen molar-refractivity contribution >= 4 is 18.0 Å². The summed E-state index contributed by atoms with van der Waals surface area (Å²) in [6.45, 7) is 5.43. The zero-order valence-electron chi connectivity index (χ0n) is 18.6. The molecule has 0 fully saturated rings. The third-order valence-electron chi connectivity index (χ3n) is 6.11. The van der Waals surface area contributed by atoms with Gasteiger partial charge in [-0.2, -0.15) is 0 Å². The Morgan fingerprint density at radius 2 is 1.53 bits per heavy atom. The summed E-state index contributed by atoms with van der Waals surface area (Å²) in [6, 6.07) is 15.3. The quantitative estimate of drug-likeness (QED) is 0.550. The minimum atomic E-state index is -0.963. The summed E-state index contributed by atoms with van der Waals surface area (Å²) >= 11 is 0. The van der Waals surface area contributed by atoms with Crippen LogP contribution in [0.2, 0.25) is 0 Å². The molecule has 2 aromatic carbocycles. The van der Waals surface area contributed by atoms with Crippen LogP contribution in [0.25, 0.3) is 11.1 Å². The number of carbonyl (C=O) groups excluding carboxylic acids is 2. The molecule has 0 aromatic heterocycles. The Kier molecular flexibility index (Phi) is 7.51. The van der Waals surface area contributed by atoms with Crippen molar-refractivity contribution in [3.05, 3.63) is 59.7 Å². The number of ether oxygens (including phenoxy) is 1. The molecule has 0 saturated heterocycles. The first-order chi connectivity index (χ1) is 15.3. The molecular formula is C25H30N2O5. The third-order valence-corrected chi connectivity index (χ3v) is 6.11. The van der Waals surface area contributed by atoms with Crippen molar-refractivity contribution in [2.45, 2.75) is 51.6 Å². The van der Waals surface area contributed by atoms with Crippen molar-refractivity contribution in [2.24, 2.45) is 5.92 Å². The smallest absolute Gasteiger partial charge is 0.407 e. The number of rotatable bonds is 9. The Morgan fingerprint density at radius 3 is 2.06 bits per heavy atom. The van der Waals surface area contributed by atoms with Gasteiger partial charge in [0, 0.05) is 18.0 Å². The molecule has 7 nitrogen and oxygen atoms in total. The molecule has 0 spiro atoms. The lowest BCUT2D eigenvalue weighted by Gasteiger charge is -2.23. The van der Waals surface area contributed by atoms with Crippen LogP contribution in [0, 0.1) is 5.92 Å². The molecule has 1 aliphatic rings. The van der Waals surface area contributed by atoms with Gasteiger partial charge in [0.25, 0.3) is 0 Å². The van der Waals surface area contributed by atoms with Gasteiger partial charge >= 0.3 is 12.1 Å². The Bertz CT molecular complexity index is 944. The second kappa shape index (κ2) is 10.3. The SMILES string of the molecule is CC[C@@H](CC(=O)O)NC(=O)C(C)C(C)NC(=O)OCC1c2ccccc2-c2ccccc21. The largest absolute Gasteiger partial charge is 0.481 e. The molecule has 0 bridgehead atoms. The van der Waals surface area contributed by atoms with Gasteiger partial charge in [0.15, 0.2) is 0 Å². The van der Waals surface area contributed by atoms with Crippen molar-refractivity contribution in [2.75, 3.05) is 6.61 Å². The fraction of sp³-hybridized carbons (Fsp3) is 0.400. The van der Waals surface area contributed by atoms with E-state index in [1.165, 1.54) is 0 Å². The molecule has 1 aliphatic carbocycles. The molecule has 3 N–H and O–H groups in total. The Balaban J connectivity index is 1.56. The van der Waals surface area contributed by atoms with Crippen molar-refractivity contribution in [3.8, 4) is 11.1 Å². The lowest BCUT2D eigenvalue weighted by atomic mass is 9.98. The summed E-state index contributed by atoms with van der Waals surface area (Å²) in [7, 11) is 0. The van der Waals surface area contributed by atoms with E-state index in [1.807, 2.05) is 31.2 Å². The van der Waals surface area contributed by atoms with E-state index in [2.05, 4.69) is 34.9 Å². The number of nitrogens with one attached hydrogen (secondary N) is 2. The predicted molar refractivity (Wildman–Crippen MR) is 121 cm³/mol. The van der Waals surface area contributed by atoms with Gasteiger partial charge < -0.3 is 20.5 Å². The van der Waals surface area contributed by atoms with Gasteiger partial charge in [-0.3, -0.25) is 9.59 Å². The minimum Gasteiger partial charge on any atom is -0.481 e. The van der Waals surface area contributed by atoms with Gasteiger partial charge in [-0.05, 0) is 35.6 Å². The summed E-state index contributed by atoms with van der Waals surface area (Å²) in [5, 5.41) is 14.4. The van der Waals surface area contributed by atoms with Gasteiger partial charge in [-0.1, -0.05) is 62.4 Å². The lowest BCUT2D eigenvalue weighted by molar-refractivity contribution is -0.137. The van der Waals surface area contributed by atoms with Gasteiger partial charge in [0.05, 0.1) is 12.3 Å². The lowest BCUT2D eigenvalue weighted by Crippen LogP contribution is -2.47. The van der Waals surface area contributed by atoms with E-state index in [-0.39, 0.29) is 24.9 Å². The Morgan fingerprint density at radius 1 is 0.969 bits per heavy atom. The number of aliphatic carboxylic acids is 1. The van der Waals surface area contributed by atoms with Crippen LogP contribution in [0.15, 0.2) is 48.5 Å². The number of hydrogen-bond acceptors (Lipinski definition) is 4. The predicted octanol–water partition coefficient (Wildman–Crippen LogP) is 3.92. The van der Waals surface area contributed by atoms with E-state index >= 15 is 0 Å². The third kappa shape index (κ3) is 5.28. The molecule has 2 amide bonds. The number of carboxylic acid groups (broad SMARTS) is 1. The van der Waals surface area contributed by atoms with Crippen LogP contribution >= 0.6 is 0 Å². The van der Waals surface area contributed by atoms with Gasteiger partial charge in [0.1, 0.15) is 6.61 Å². The van der Waals surface area contributed by atoms with E-state index in [4.69, 9.17) is 9.84 Å². The molecule has 2 aromatic rings. The second-order valence-electron chi connectivity index (χ2n) is 8.26. The van der Waals surface area contributed by atoms with Crippen LogP contribution in [0.4, 0.5) is 4.79 Å². The highest BCUT2D eigenvalue weighted by molar-refractivity contribution is 5.81. The van der Waals surface area contributed by atoms with E-state index in [1.54, 1.807) is 13.8 Å². The topological polar surface area (TPSA) is 105 Å². The highest BCUT2D eigenvalue weighted by Crippen LogP contribution is 2.44. The summed E-state index contributed by atoms with van der Waals surface area (Å²) in [5.41, 5.74) is 4.57.